The maximum Gasteiger partial charge on any atom is 0.322 e. The second-order valence-corrected chi connectivity index (χ2v) is 4.44. The van der Waals surface area contributed by atoms with Gasteiger partial charge in [0.05, 0.1) is 4.92 Å². The number of hydrogen-bond acceptors (Lipinski definition) is 6. The summed E-state index contributed by atoms with van der Waals surface area (Å²) in [6, 6.07) is 5.64. The van der Waals surface area contributed by atoms with Gasteiger partial charge in [-0.3, -0.25) is 15.2 Å². The van der Waals surface area contributed by atoms with E-state index >= 15 is 0 Å². The third-order valence-corrected chi connectivity index (χ3v) is 3.06. The average Bonchev–Trinajstić information content (AvgIpc) is 3.13. The largest absolute Gasteiger partial charge is 0.332 e. The monoisotopic (exact) mass is 303 g/mol. The van der Waals surface area contributed by atoms with Crippen LogP contribution in [0.15, 0.2) is 28.8 Å². The number of benzene rings is 1. The van der Waals surface area contributed by atoms with Crippen LogP contribution in [0.25, 0.3) is 23.0 Å². The summed E-state index contributed by atoms with van der Waals surface area (Å²) in [7, 11) is 0. The van der Waals surface area contributed by atoms with Gasteiger partial charge in [-0.05, 0) is 18.6 Å². The van der Waals surface area contributed by atoms with E-state index in [9.17, 15) is 14.5 Å². The van der Waals surface area contributed by atoms with Crippen LogP contribution < -0.4 is 0 Å². The number of nitrogens with zero attached hydrogens (tertiary/aromatic N) is 4. The van der Waals surface area contributed by atoms with Crippen molar-refractivity contribution in [2.45, 2.75) is 13.3 Å². The van der Waals surface area contributed by atoms with E-state index < -0.39 is 10.7 Å². The molecule has 2 aromatic heterocycles. The van der Waals surface area contributed by atoms with Crippen molar-refractivity contribution < 1.29 is 13.8 Å². The van der Waals surface area contributed by atoms with Crippen molar-refractivity contribution in [3.05, 3.63) is 45.9 Å². The van der Waals surface area contributed by atoms with Crippen LogP contribution in [0.2, 0.25) is 0 Å². The highest BCUT2D eigenvalue weighted by Crippen LogP contribution is 2.31. The van der Waals surface area contributed by atoms with Crippen molar-refractivity contribution in [3.63, 3.8) is 0 Å². The summed E-state index contributed by atoms with van der Waals surface area (Å²) in [4.78, 5) is 14.7. The van der Waals surface area contributed by atoms with Gasteiger partial charge >= 0.3 is 5.69 Å². The minimum atomic E-state index is -0.552. The van der Waals surface area contributed by atoms with Gasteiger partial charge in [0.1, 0.15) is 11.5 Å². The van der Waals surface area contributed by atoms with Crippen molar-refractivity contribution >= 4 is 5.69 Å². The van der Waals surface area contributed by atoms with Gasteiger partial charge in [-0.15, -0.1) is 0 Å². The summed E-state index contributed by atoms with van der Waals surface area (Å²) in [5.74, 6) is -0.408. The minimum Gasteiger partial charge on any atom is -0.332 e. The van der Waals surface area contributed by atoms with Crippen LogP contribution in [0.3, 0.4) is 0 Å². The van der Waals surface area contributed by atoms with Gasteiger partial charge in [-0.2, -0.15) is 10.1 Å². The zero-order chi connectivity index (χ0) is 15.7. The smallest absolute Gasteiger partial charge is 0.322 e. The molecule has 0 aliphatic carbocycles. The van der Waals surface area contributed by atoms with Gasteiger partial charge in [0, 0.05) is 5.56 Å². The van der Waals surface area contributed by atoms with Crippen LogP contribution in [0.4, 0.5) is 10.1 Å². The molecule has 0 aliphatic heterocycles. The Kier molecular flexibility index (Phi) is 3.37. The lowest BCUT2D eigenvalue weighted by Gasteiger charge is -1.93. The third-order valence-electron chi connectivity index (χ3n) is 3.06. The summed E-state index contributed by atoms with van der Waals surface area (Å²) < 4.78 is 18.2. The predicted molar refractivity (Wildman–Crippen MR) is 73.3 cm³/mol. The SMILES string of the molecule is CCc1[nH]nc(-c2nc(-c3cccc(F)c3)no2)c1[N+](=O)[O-]. The van der Waals surface area contributed by atoms with E-state index in [1.54, 1.807) is 13.0 Å². The molecule has 0 bridgehead atoms. The van der Waals surface area contributed by atoms with E-state index in [-0.39, 0.29) is 23.1 Å². The molecule has 8 nitrogen and oxygen atoms in total. The Balaban J connectivity index is 2.05. The number of aromatic amines is 1. The van der Waals surface area contributed by atoms with Crippen molar-refractivity contribution in [2.24, 2.45) is 0 Å². The lowest BCUT2D eigenvalue weighted by Crippen LogP contribution is -1.93. The summed E-state index contributed by atoms with van der Waals surface area (Å²) in [5, 5.41) is 21.3. The molecule has 1 aromatic carbocycles. The quantitative estimate of drug-likeness (QED) is 0.586. The van der Waals surface area contributed by atoms with E-state index in [0.29, 0.717) is 17.7 Å². The van der Waals surface area contributed by atoms with Crippen LogP contribution in [0, 0.1) is 15.9 Å². The first-order chi connectivity index (χ1) is 10.6. The van der Waals surface area contributed by atoms with Crippen molar-refractivity contribution in [2.75, 3.05) is 0 Å². The summed E-state index contributed by atoms with van der Waals surface area (Å²) in [6.07, 6.45) is 0.411. The normalized spacial score (nSPS) is 10.8. The predicted octanol–water partition coefficient (Wildman–Crippen LogP) is 2.74. The Bertz CT molecular complexity index is 842. The second kappa shape index (κ2) is 5.35. The molecule has 112 valence electrons. The Morgan fingerprint density at radius 3 is 2.95 bits per heavy atom. The molecule has 9 heteroatoms. The summed E-state index contributed by atoms with van der Waals surface area (Å²) in [5.41, 5.74) is 0.545. The molecular formula is C13H10FN5O3. The molecule has 2 heterocycles. The molecular weight excluding hydrogens is 293 g/mol. The van der Waals surface area contributed by atoms with Crippen LogP contribution in [0.5, 0.6) is 0 Å². The number of rotatable bonds is 4. The van der Waals surface area contributed by atoms with E-state index in [2.05, 4.69) is 20.3 Å². The topological polar surface area (TPSA) is 111 Å². The molecule has 0 saturated carbocycles. The van der Waals surface area contributed by atoms with E-state index in [1.807, 2.05) is 0 Å². The molecule has 0 radical (unpaired) electrons. The zero-order valence-electron chi connectivity index (χ0n) is 11.4. The van der Waals surface area contributed by atoms with Crippen LogP contribution in [0.1, 0.15) is 12.6 Å². The van der Waals surface area contributed by atoms with Gasteiger partial charge in [0.15, 0.2) is 0 Å². The van der Waals surface area contributed by atoms with Crippen LogP contribution in [-0.4, -0.2) is 25.3 Å². The van der Waals surface area contributed by atoms with Gasteiger partial charge < -0.3 is 4.52 Å². The molecule has 0 spiro atoms. The maximum atomic E-state index is 13.2. The lowest BCUT2D eigenvalue weighted by molar-refractivity contribution is -0.384. The van der Waals surface area contributed by atoms with Gasteiger partial charge in [-0.1, -0.05) is 24.2 Å². The highest BCUT2D eigenvalue weighted by atomic mass is 19.1. The number of hydrogen-bond donors (Lipinski definition) is 1. The minimum absolute atomic E-state index is 0.0306. The Hall–Kier alpha value is -3.10. The second-order valence-electron chi connectivity index (χ2n) is 4.44. The molecule has 0 saturated heterocycles. The molecule has 3 rings (SSSR count). The molecule has 0 fully saturated rings. The van der Waals surface area contributed by atoms with Gasteiger partial charge in [0.2, 0.25) is 11.5 Å². The van der Waals surface area contributed by atoms with Crippen molar-refractivity contribution in [1.29, 1.82) is 0 Å². The van der Waals surface area contributed by atoms with E-state index in [4.69, 9.17) is 4.52 Å². The van der Waals surface area contributed by atoms with Crippen molar-refractivity contribution in [3.8, 4) is 23.0 Å². The van der Waals surface area contributed by atoms with Gasteiger partial charge in [0.25, 0.3) is 5.89 Å². The number of nitrogens with one attached hydrogen (secondary N) is 1. The standard InChI is InChI=1S/C13H10FN5O3/c1-2-9-11(19(20)21)10(17-16-9)13-15-12(18-22-13)7-4-3-5-8(14)6-7/h3-6H,2H2,1H3,(H,16,17). The third kappa shape index (κ3) is 2.32. The number of nitro groups is 1. The highest BCUT2D eigenvalue weighted by molar-refractivity contribution is 5.66. The maximum absolute atomic E-state index is 13.2. The Morgan fingerprint density at radius 1 is 1.45 bits per heavy atom. The molecule has 0 atom stereocenters. The molecule has 0 aliphatic rings. The fraction of sp³-hybridized carbons (Fsp3) is 0.154. The number of halogens is 1. The molecule has 22 heavy (non-hydrogen) atoms. The number of aromatic nitrogens is 4. The summed E-state index contributed by atoms with van der Waals surface area (Å²) in [6.45, 7) is 1.76. The molecule has 1 N–H and O–H groups in total. The summed E-state index contributed by atoms with van der Waals surface area (Å²) >= 11 is 0. The molecule has 0 amide bonds. The van der Waals surface area contributed by atoms with E-state index in [1.165, 1.54) is 18.2 Å². The molecule has 3 aromatic rings. The highest BCUT2D eigenvalue weighted by Gasteiger charge is 2.28. The fourth-order valence-electron chi connectivity index (χ4n) is 2.03. The van der Waals surface area contributed by atoms with Gasteiger partial charge in [-0.25, -0.2) is 4.39 Å². The fourth-order valence-corrected chi connectivity index (χ4v) is 2.03. The van der Waals surface area contributed by atoms with Crippen LogP contribution >= 0.6 is 0 Å². The first-order valence-corrected chi connectivity index (χ1v) is 6.41. The Labute approximate surface area is 123 Å². The number of H-pyrrole nitrogens is 1. The first kappa shape index (κ1) is 13.9. The number of aryl methyl sites for hydroxylation is 1. The Morgan fingerprint density at radius 2 is 2.27 bits per heavy atom. The van der Waals surface area contributed by atoms with Crippen molar-refractivity contribution in [1.82, 2.24) is 20.3 Å². The molecule has 0 unspecified atom stereocenters. The lowest BCUT2D eigenvalue weighted by atomic mass is 10.2. The average molecular weight is 303 g/mol. The van der Waals surface area contributed by atoms with E-state index in [0.717, 1.165) is 0 Å². The first-order valence-electron chi connectivity index (χ1n) is 6.41. The zero-order valence-corrected chi connectivity index (χ0v) is 11.4. The van der Waals surface area contributed by atoms with Crippen LogP contribution in [-0.2, 0) is 6.42 Å².